The van der Waals surface area contributed by atoms with Crippen molar-refractivity contribution >= 4 is 29.1 Å². The van der Waals surface area contributed by atoms with Gasteiger partial charge in [0, 0.05) is 11.7 Å². The summed E-state index contributed by atoms with van der Waals surface area (Å²) < 4.78 is 0. The Hall–Kier alpha value is -1.40. The number of carbonyl (C=O) groups is 1. The van der Waals surface area contributed by atoms with Gasteiger partial charge < -0.3 is 5.11 Å². The lowest BCUT2D eigenvalue weighted by atomic mass is 10.2. The Labute approximate surface area is 132 Å². The van der Waals surface area contributed by atoms with Gasteiger partial charge in [-0.15, -0.1) is 11.8 Å². The Balaban J connectivity index is 2.20. The lowest BCUT2D eigenvalue weighted by Crippen LogP contribution is -2.10. The molecule has 0 aliphatic carbocycles. The Morgan fingerprint density at radius 3 is 2.76 bits per heavy atom. The lowest BCUT2D eigenvalue weighted by Gasteiger charge is -2.11. The highest BCUT2D eigenvalue weighted by atomic mass is 32.2. The fraction of sp³-hybridized carbons (Fsp3) is 0.400. The van der Waals surface area contributed by atoms with Crippen molar-refractivity contribution in [1.29, 1.82) is 0 Å². The first kappa shape index (κ1) is 16.0. The summed E-state index contributed by atoms with van der Waals surface area (Å²) in [7, 11) is 0. The van der Waals surface area contributed by atoms with Gasteiger partial charge in [0.2, 0.25) is 0 Å². The van der Waals surface area contributed by atoms with Crippen LogP contribution in [-0.4, -0.2) is 26.8 Å². The predicted molar refractivity (Wildman–Crippen MR) is 86.6 cm³/mol. The number of thiophene rings is 1. The van der Waals surface area contributed by atoms with Gasteiger partial charge in [0.05, 0.1) is 5.69 Å². The third-order valence-corrected chi connectivity index (χ3v) is 4.72. The van der Waals surface area contributed by atoms with Crippen molar-refractivity contribution in [3.63, 3.8) is 0 Å². The molecule has 0 saturated carbocycles. The highest BCUT2D eigenvalue weighted by Gasteiger charge is 2.19. The molecule has 0 fully saturated rings. The zero-order valence-corrected chi connectivity index (χ0v) is 13.9. The van der Waals surface area contributed by atoms with Gasteiger partial charge >= 0.3 is 5.97 Å². The molecular weight excluding hydrogens is 304 g/mol. The third-order valence-electron chi connectivity index (χ3n) is 3.01. The number of thioether (sulfide) groups is 1. The first-order valence-corrected chi connectivity index (χ1v) is 8.67. The molecule has 0 aromatic carbocycles. The number of aromatic nitrogens is 2. The van der Waals surface area contributed by atoms with Crippen LogP contribution in [0.15, 0.2) is 21.9 Å². The maximum Gasteiger partial charge on any atom is 0.340 e. The second-order valence-corrected chi connectivity index (χ2v) is 6.90. The smallest absolute Gasteiger partial charge is 0.340 e. The number of hydrogen-bond donors (Lipinski definition) is 1. The van der Waals surface area contributed by atoms with Gasteiger partial charge in [0.25, 0.3) is 0 Å². The Morgan fingerprint density at radius 1 is 1.43 bits per heavy atom. The summed E-state index contributed by atoms with van der Waals surface area (Å²) in [6, 6.07) is 2.09. The molecule has 1 N–H and O–H groups in total. The molecule has 0 saturated heterocycles. The van der Waals surface area contributed by atoms with Gasteiger partial charge in [-0.3, -0.25) is 0 Å². The monoisotopic (exact) mass is 322 g/mol. The normalized spacial score (nSPS) is 11.0. The molecule has 2 heterocycles. The zero-order valence-electron chi connectivity index (χ0n) is 12.3. The number of aromatic carboxylic acids is 1. The lowest BCUT2D eigenvalue weighted by molar-refractivity contribution is 0.0690. The molecule has 4 nitrogen and oxygen atoms in total. The minimum atomic E-state index is -0.958. The molecular formula is C15H18N2O2S2. The molecule has 0 aliphatic heterocycles. The van der Waals surface area contributed by atoms with Crippen molar-refractivity contribution in [3.05, 3.63) is 39.5 Å². The molecule has 21 heavy (non-hydrogen) atoms. The van der Waals surface area contributed by atoms with E-state index in [1.807, 2.05) is 19.2 Å². The molecule has 0 amide bonds. The van der Waals surface area contributed by atoms with Gasteiger partial charge in [-0.05, 0) is 35.7 Å². The van der Waals surface area contributed by atoms with E-state index in [0.717, 1.165) is 12.2 Å². The first-order chi connectivity index (χ1) is 9.99. The Kier molecular flexibility index (Phi) is 5.36. The third kappa shape index (κ3) is 4.04. The molecule has 2 aromatic heterocycles. The SMILES string of the molecule is Cc1nc(C(C)C)nc(SCCc2ccsc2)c1C(=O)O. The maximum absolute atomic E-state index is 11.4. The highest BCUT2D eigenvalue weighted by Crippen LogP contribution is 2.26. The first-order valence-electron chi connectivity index (χ1n) is 6.74. The number of rotatable bonds is 6. The topological polar surface area (TPSA) is 63.1 Å². The maximum atomic E-state index is 11.4. The van der Waals surface area contributed by atoms with Gasteiger partial charge in [0.15, 0.2) is 0 Å². The van der Waals surface area contributed by atoms with Crippen LogP contribution in [0.4, 0.5) is 0 Å². The van der Waals surface area contributed by atoms with E-state index in [4.69, 9.17) is 0 Å². The predicted octanol–water partition coefficient (Wildman–Crippen LogP) is 4.00. The highest BCUT2D eigenvalue weighted by molar-refractivity contribution is 7.99. The van der Waals surface area contributed by atoms with Crippen LogP contribution in [0.2, 0.25) is 0 Å². The molecule has 0 bridgehead atoms. The molecule has 0 unspecified atom stereocenters. The van der Waals surface area contributed by atoms with Crippen molar-refractivity contribution in [2.24, 2.45) is 0 Å². The molecule has 6 heteroatoms. The summed E-state index contributed by atoms with van der Waals surface area (Å²) in [5, 5.41) is 14.1. The van der Waals surface area contributed by atoms with E-state index in [-0.39, 0.29) is 11.5 Å². The molecule has 0 spiro atoms. The van der Waals surface area contributed by atoms with E-state index in [9.17, 15) is 9.90 Å². The average Bonchev–Trinajstić information content (AvgIpc) is 2.90. The summed E-state index contributed by atoms with van der Waals surface area (Å²) in [5.74, 6) is 0.740. The van der Waals surface area contributed by atoms with Crippen molar-refractivity contribution < 1.29 is 9.90 Å². The van der Waals surface area contributed by atoms with Gasteiger partial charge in [-0.2, -0.15) is 11.3 Å². The van der Waals surface area contributed by atoms with Crippen molar-refractivity contribution in [3.8, 4) is 0 Å². The van der Waals surface area contributed by atoms with Crippen LogP contribution in [0.5, 0.6) is 0 Å². The number of aryl methyl sites for hydroxylation is 2. The van der Waals surface area contributed by atoms with Gasteiger partial charge in [-0.25, -0.2) is 14.8 Å². The van der Waals surface area contributed by atoms with Crippen LogP contribution in [0.3, 0.4) is 0 Å². The fourth-order valence-electron chi connectivity index (χ4n) is 1.88. The van der Waals surface area contributed by atoms with E-state index in [2.05, 4.69) is 21.4 Å². The fourth-order valence-corrected chi connectivity index (χ4v) is 3.65. The van der Waals surface area contributed by atoms with E-state index in [1.54, 1.807) is 18.3 Å². The number of carboxylic acids is 1. The quantitative estimate of drug-likeness (QED) is 0.643. The summed E-state index contributed by atoms with van der Waals surface area (Å²) in [6.45, 7) is 5.75. The summed E-state index contributed by atoms with van der Waals surface area (Å²) in [4.78, 5) is 20.2. The van der Waals surface area contributed by atoms with Crippen molar-refractivity contribution in [1.82, 2.24) is 9.97 Å². The standard InChI is InChI=1S/C15H18N2O2S2/c1-9(2)13-16-10(3)12(15(18)19)14(17-13)21-7-5-11-4-6-20-8-11/h4,6,8-9H,5,7H2,1-3H3,(H,18,19). The zero-order chi connectivity index (χ0) is 15.4. The van der Waals surface area contributed by atoms with E-state index in [1.165, 1.54) is 17.3 Å². The molecule has 0 radical (unpaired) electrons. The second-order valence-electron chi connectivity index (χ2n) is 5.04. The Morgan fingerprint density at radius 2 is 2.19 bits per heavy atom. The van der Waals surface area contributed by atoms with Crippen LogP contribution < -0.4 is 0 Å². The second kappa shape index (κ2) is 7.04. The van der Waals surface area contributed by atoms with Crippen LogP contribution in [-0.2, 0) is 6.42 Å². The largest absolute Gasteiger partial charge is 0.478 e. The van der Waals surface area contributed by atoms with Crippen LogP contribution in [0, 0.1) is 6.92 Å². The minimum absolute atomic E-state index is 0.183. The number of nitrogens with zero attached hydrogens (tertiary/aromatic N) is 2. The van der Waals surface area contributed by atoms with Crippen LogP contribution >= 0.6 is 23.1 Å². The summed E-state index contributed by atoms with van der Waals surface area (Å²) >= 11 is 3.17. The number of carboxylic acid groups (broad SMARTS) is 1. The summed E-state index contributed by atoms with van der Waals surface area (Å²) in [5.41, 5.74) is 2.05. The summed E-state index contributed by atoms with van der Waals surface area (Å²) in [6.07, 6.45) is 0.910. The van der Waals surface area contributed by atoms with E-state index < -0.39 is 5.97 Å². The molecule has 2 rings (SSSR count). The van der Waals surface area contributed by atoms with Crippen molar-refractivity contribution in [2.45, 2.75) is 38.1 Å². The van der Waals surface area contributed by atoms with Crippen molar-refractivity contribution in [2.75, 3.05) is 5.75 Å². The average molecular weight is 322 g/mol. The van der Waals surface area contributed by atoms with E-state index in [0.29, 0.717) is 16.5 Å². The van der Waals surface area contributed by atoms with Gasteiger partial charge in [-0.1, -0.05) is 13.8 Å². The number of hydrogen-bond acceptors (Lipinski definition) is 5. The molecule has 112 valence electrons. The van der Waals surface area contributed by atoms with Crippen LogP contribution in [0.25, 0.3) is 0 Å². The molecule has 0 atom stereocenters. The molecule has 2 aromatic rings. The van der Waals surface area contributed by atoms with Crippen LogP contribution in [0.1, 0.15) is 47.2 Å². The molecule has 0 aliphatic rings. The minimum Gasteiger partial charge on any atom is -0.478 e. The van der Waals surface area contributed by atoms with Gasteiger partial charge in [0.1, 0.15) is 16.4 Å². The Bertz CT molecular complexity index is 625. The van der Waals surface area contributed by atoms with E-state index >= 15 is 0 Å².